The Morgan fingerprint density at radius 1 is 1.53 bits per heavy atom. The lowest BCUT2D eigenvalue weighted by molar-refractivity contribution is 0.102. The standard InChI is InChI=1S/C12H13N3OS/c1-2-3-10-6-9(7-17-10)12(16)15-11-4-5-13-8-14-11/h4-8H,2-3H2,1H3,(H,13,14,15,16). The van der Waals surface area contributed by atoms with Gasteiger partial charge in [-0.25, -0.2) is 9.97 Å². The Morgan fingerprint density at radius 3 is 3.12 bits per heavy atom. The summed E-state index contributed by atoms with van der Waals surface area (Å²) in [5, 5.41) is 4.61. The van der Waals surface area contributed by atoms with E-state index in [1.165, 1.54) is 11.2 Å². The molecule has 0 aromatic carbocycles. The molecule has 2 aromatic heterocycles. The summed E-state index contributed by atoms with van der Waals surface area (Å²) < 4.78 is 0. The van der Waals surface area contributed by atoms with Gasteiger partial charge in [0, 0.05) is 16.5 Å². The second-order valence-electron chi connectivity index (χ2n) is 3.60. The minimum atomic E-state index is -0.123. The van der Waals surface area contributed by atoms with Gasteiger partial charge in [-0.1, -0.05) is 13.3 Å². The fraction of sp³-hybridized carbons (Fsp3) is 0.250. The van der Waals surface area contributed by atoms with Crippen LogP contribution >= 0.6 is 11.3 Å². The quantitative estimate of drug-likeness (QED) is 0.903. The maximum absolute atomic E-state index is 11.9. The zero-order valence-electron chi connectivity index (χ0n) is 9.51. The Morgan fingerprint density at radius 2 is 2.41 bits per heavy atom. The van der Waals surface area contributed by atoms with E-state index in [0.29, 0.717) is 11.4 Å². The topological polar surface area (TPSA) is 54.9 Å². The largest absolute Gasteiger partial charge is 0.306 e. The number of nitrogens with zero attached hydrogens (tertiary/aromatic N) is 2. The van der Waals surface area contributed by atoms with E-state index in [2.05, 4.69) is 22.2 Å². The first-order valence-corrected chi connectivity index (χ1v) is 6.32. The van der Waals surface area contributed by atoms with Crippen molar-refractivity contribution in [3.8, 4) is 0 Å². The molecule has 0 saturated carbocycles. The summed E-state index contributed by atoms with van der Waals surface area (Å²) in [4.78, 5) is 20.8. The summed E-state index contributed by atoms with van der Waals surface area (Å²) in [6.45, 7) is 2.13. The number of amides is 1. The van der Waals surface area contributed by atoms with Gasteiger partial charge in [0.2, 0.25) is 0 Å². The third-order valence-electron chi connectivity index (χ3n) is 2.24. The molecule has 88 valence electrons. The van der Waals surface area contributed by atoms with Crippen LogP contribution in [0.5, 0.6) is 0 Å². The second kappa shape index (κ2) is 5.54. The highest BCUT2D eigenvalue weighted by Crippen LogP contribution is 2.17. The van der Waals surface area contributed by atoms with Crippen LogP contribution in [0.3, 0.4) is 0 Å². The van der Waals surface area contributed by atoms with E-state index in [1.807, 2.05) is 11.4 Å². The molecule has 2 rings (SSSR count). The van der Waals surface area contributed by atoms with E-state index in [-0.39, 0.29) is 5.91 Å². The molecule has 0 fully saturated rings. The summed E-state index contributed by atoms with van der Waals surface area (Å²) >= 11 is 1.62. The predicted octanol–water partition coefficient (Wildman–Crippen LogP) is 2.74. The molecule has 0 atom stereocenters. The van der Waals surface area contributed by atoms with E-state index in [9.17, 15) is 4.79 Å². The van der Waals surface area contributed by atoms with E-state index >= 15 is 0 Å². The minimum absolute atomic E-state index is 0.123. The highest BCUT2D eigenvalue weighted by atomic mass is 32.1. The summed E-state index contributed by atoms with van der Waals surface area (Å²) in [6.07, 6.45) is 5.11. The number of thiophene rings is 1. The molecular formula is C12H13N3OS. The molecule has 0 unspecified atom stereocenters. The van der Waals surface area contributed by atoms with Crippen LogP contribution in [0, 0.1) is 0 Å². The van der Waals surface area contributed by atoms with Gasteiger partial charge >= 0.3 is 0 Å². The zero-order valence-corrected chi connectivity index (χ0v) is 10.3. The molecule has 4 nitrogen and oxygen atoms in total. The van der Waals surface area contributed by atoms with Crippen LogP contribution in [0.15, 0.2) is 30.0 Å². The maximum atomic E-state index is 11.9. The molecule has 1 amide bonds. The molecular weight excluding hydrogens is 234 g/mol. The van der Waals surface area contributed by atoms with E-state index in [4.69, 9.17) is 0 Å². The average molecular weight is 247 g/mol. The van der Waals surface area contributed by atoms with Gasteiger partial charge in [0.05, 0.1) is 5.56 Å². The monoisotopic (exact) mass is 247 g/mol. The predicted molar refractivity (Wildman–Crippen MR) is 68.3 cm³/mol. The smallest absolute Gasteiger partial charge is 0.257 e. The molecule has 0 aliphatic carbocycles. The number of aromatic nitrogens is 2. The van der Waals surface area contributed by atoms with Gasteiger partial charge in [0.25, 0.3) is 5.91 Å². The van der Waals surface area contributed by atoms with Crippen LogP contribution in [0.2, 0.25) is 0 Å². The van der Waals surface area contributed by atoms with Crippen molar-refractivity contribution >= 4 is 23.1 Å². The molecule has 2 heterocycles. The van der Waals surface area contributed by atoms with Crippen molar-refractivity contribution in [2.24, 2.45) is 0 Å². The van der Waals surface area contributed by atoms with Crippen molar-refractivity contribution < 1.29 is 4.79 Å². The molecule has 5 heteroatoms. The highest BCUT2D eigenvalue weighted by Gasteiger charge is 2.09. The van der Waals surface area contributed by atoms with Crippen LogP contribution in [0.25, 0.3) is 0 Å². The highest BCUT2D eigenvalue weighted by molar-refractivity contribution is 7.10. The second-order valence-corrected chi connectivity index (χ2v) is 4.60. The van der Waals surface area contributed by atoms with Crippen molar-refractivity contribution in [1.29, 1.82) is 0 Å². The molecule has 0 saturated heterocycles. The summed E-state index contributed by atoms with van der Waals surface area (Å²) in [5.74, 6) is 0.399. The van der Waals surface area contributed by atoms with Gasteiger partial charge in [0.15, 0.2) is 0 Å². The van der Waals surface area contributed by atoms with Crippen molar-refractivity contribution in [1.82, 2.24) is 9.97 Å². The number of rotatable bonds is 4. The zero-order chi connectivity index (χ0) is 12.1. The molecule has 2 aromatic rings. The summed E-state index contributed by atoms with van der Waals surface area (Å²) in [5.41, 5.74) is 0.692. The third-order valence-corrected chi connectivity index (χ3v) is 3.23. The Kier molecular flexibility index (Phi) is 3.82. The van der Waals surface area contributed by atoms with E-state index < -0.39 is 0 Å². The van der Waals surface area contributed by atoms with Gasteiger partial charge in [-0.3, -0.25) is 4.79 Å². The molecule has 0 radical (unpaired) electrons. The first-order chi connectivity index (χ1) is 8.29. The maximum Gasteiger partial charge on any atom is 0.257 e. The first-order valence-electron chi connectivity index (χ1n) is 5.44. The van der Waals surface area contributed by atoms with Crippen LogP contribution in [0.1, 0.15) is 28.6 Å². The first kappa shape index (κ1) is 11.7. The number of hydrogen-bond acceptors (Lipinski definition) is 4. The van der Waals surface area contributed by atoms with Crippen LogP contribution < -0.4 is 5.32 Å². The molecule has 1 N–H and O–H groups in total. The molecule has 0 aliphatic rings. The minimum Gasteiger partial charge on any atom is -0.306 e. The van der Waals surface area contributed by atoms with Crippen molar-refractivity contribution in [3.63, 3.8) is 0 Å². The fourth-order valence-electron chi connectivity index (χ4n) is 1.43. The lowest BCUT2D eigenvalue weighted by atomic mass is 10.2. The molecule has 0 bridgehead atoms. The number of hydrogen-bond donors (Lipinski definition) is 1. The van der Waals surface area contributed by atoms with Gasteiger partial charge < -0.3 is 5.32 Å². The summed E-state index contributed by atoms with van der Waals surface area (Å²) in [7, 11) is 0. The third kappa shape index (κ3) is 3.10. The molecule has 17 heavy (non-hydrogen) atoms. The van der Waals surface area contributed by atoms with Crippen LogP contribution in [-0.4, -0.2) is 15.9 Å². The number of nitrogens with one attached hydrogen (secondary N) is 1. The Labute approximate surface area is 104 Å². The molecule has 0 aliphatic heterocycles. The van der Waals surface area contributed by atoms with Gasteiger partial charge in [0.1, 0.15) is 12.1 Å². The number of carbonyl (C=O) groups excluding carboxylic acids is 1. The van der Waals surface area contributed by atoms with Crippen LogP contribution in [0.4, 0.5) is 5.82 Å². The SMILES string of the molecule is CCCc1cc(C(=O)Nc2ccncn2)cs1. The van der Waals surface area contributed by atoms with E-state index in [1.54, 1.807) is 23.6 Å². The number of carbonyl (C=O) groups is 1. The van der Waals surface area contributed by atoms with Gasteiger partial charge in [-0.15, -0.1) is 11.3 Å². The van der Waals surface area contributed by atoms with Gasteiger partial charge in [-0.2, -0.15) is 0 Å². The van der Waals surface area contributed by atoms with Crippen molar-refractivity contribution in [2.45, 2.75) is 19.8 Å². The Balaban J connectivity index is 2.04. The average Bonchev–Trinajstić information content (AvgIpc) is 2.79. The fourth-order valence-corrected chi connectivity index (χ4v) is 2.40. The number of anilines is 1. The molecule has 0 spiro atoms. The van der Waals surface area contributed by atoms with Crippen molar-refractivity contribution in [2.75, 3.05) is 5.32 Å². The normalized spacial score (nSPS) is 10.2. The van der Waals surface area contributed by atoms with Crippen molar-refractivity contribution in [3.05, 3.63) is 40.5 Å². The lowest BCUT2D eigenvalue weighted by Crippen LogP contribution is -2.11. The van der Waals surface area contributed by atoms with Crippen LogP contribution in [-0.2, 0) is 6.42 Å². The lowest BCUT2D eigenvalue weighted by Gasteiger charge is -2.00. The van der Waals surface area contributed by atoms with Gasteiger partial charge in [-0.05, 0) is 18.6 Å². The van der Waals surface area contributed by atoms with E-state index in [0.717, 1.165) is 12.8 Å². The number of aryl methyl sites for hydroxylation is 1. The Bertz CT molecular complexity index is 495. The summed E-state index contributed by atoms with van der Waals surface area (Å²) in [6, 6.07) is 3.60. The Hall–Kier alpha value is -1.75.